The lowest BCUT2D eigenvalue weighted by Crippen LogP contribution is -2.45. The minimum Gasteiger partial charge on any atom is -0.355 e. The highest BCUT2D eigenvalue weighted by Crippen LogP contribution is 2.34. The van der Waals surface area contributed by atoms with E-state index in [1.807, 2.05) is 6.20 Å². The molecule has 0 bridgehead atoms. The van der Waals surface area contributed by atoms with Crippen LogP contribution >= 0.6 is 0 Å². The maximum Gasteiger partial charge on any atom is 0.138 e. The van der Waals surface area contributed by atoms with Gasteiger partial charge in [-0.3, -0.25) is 19.2 Å². The lowest BCUT2D eigenvalue weighted by Gasteiger charge is -2.35. The van der Waals surface area contributed by atoms with Gasteiger partial charge in [-0.25, -0.2) is 4.98 Å². The third-order valence-corrected chi connectivity index (χ3v) is 8.55. The number of rotatable bonds is 6. The number of pyridine rings is 2. The molecule has 0 N–H and O–H groups in total. The average Bonchev–Trinajstić information content (AvgIpc) is 3.26. The van der Waals surface area contributed by atoms with Crippen LogP contribution in [-0.4, -0.2) is 82.4 Å². The third-order valence-electron chi connectivity index (χ3n) is 8.55. The second kappa shape index (κ2) is 10.5. The van der Waals surface area contributed by atoms with Crippen molar-refractivity contribution in [1.82, 2.24) is 29.1 Å². The van der Waals surface area contributed by atoms with Gasteiger partial charge in [0.2, 0.25) is 0 Å². The highest BCUT2D eigenvalue weighted by Gasteiger charge is 2.28. The number of nitrogens with zero attached hydrogens (tertiary/aromatic N) is 7. The molecule has 36 heavy (non-hydrogen) atoms. The number of hydrogen-bond donors (Lipinski definition) is 0. The Hall–Kier alpha value is -2.48. The quantitative estimate of drug-likeness (QED) is 0.524. The molecule has 2 saturated heterocycles. The Balaban J connectivity index is 1.36. The molecule has 1 aliphatic carbocycles. The molecule has 0 radical (unpaired) electrons. The van der Waals surface area contributed by atoms with E-state index in [2.05, 4.69) is 68.4 Å². The molecule has 1 atom stereocenters. The molecular weight excluding hydrogens is 446 g/mol. The first-order valence-corrected chi connectivity index (χ1v) is 14.0. The predicted octanol–water partition coefficient (Wildman–Crippen LogP) is 3.98. The van der Waals surface area contributed by atoms with Gasteiger partial charge in [-0.1, -0.05) is 18.6 Å². The average molecular weight is 488 g/mol. The summed E-state index contributed by atoms with van der Waals surface area (Å²) in [4.78, 5) is 20.2. The number of aryl methyl sites for hydroxylation is 1. The van der Waals surface area contributed by atoms with Gasteiger partial charge >= 0.3 is 0 Å². The van der Waals surface area contributed by atoms with Crippen LogP contribution in [0.4, 0.5) is 5.82 Å². The fourth-order valence-electron chi connectivity index (χ4n) is 6.44. The number of imidazole rings is 1. The number of piperazine rings is 1. The van der Waals surface area contributed by atoms with Crippen LogP contribution in [-0.2, 0) is 19.5 Å². The molecule has 2 aliphatic heterocycles. The number of hydrogen-bond acceptors (Lipinski definition) is 6. The third kappa shape index (κ3) is 4.76. The summed E-state index contributed by atoms with van der Waals surface area (Å²) >= 11 is 0. The smallest absolute Gasteiger partial charge is 0.138 e. The monoisotopic (exact) mass is 487 g/mol. The Bertz CT molecular complexity index is 1170. The lowest BCUT2D eigenvalue weighted by molar-refractivity contribution is 0.199. The van der Waals surface area contributed by atoms with Crippen molar-refractivity contribution in [3.63, 3.8) is 0 Å². The van der Waals surface area contributed by atoms with E-state index in [1.165, 1.54) is 73.7 Å². The number of fused-ring (bicyclic) bond motifs is 2. The van der Waals surface area contributed by atoms with Crippen LogP contribution < -0.4 is 4.90 Å². The molecule has 5 heterocycles. The zero-order chi connectivity index (χ0) is 24.5. The second-order valence-corrected chi connectivity index (χ2v) is 11.1. The largest absolute Gasteiger partial charge is 0.355 e. The van der Waals surface area contributed by atoms with Crippen LogP contribution in [0.2, 0.25) is 0 Å². The fourth-order valence-corrected chi connectivity index (χ4v) is 6.44. The summed E-state index contributed by atoms with van der Waals surface area (Å²) in [6.45, 7) is 8.57. The topological polar surface area (TPSA) is 43.2 Å². The van der Waals surface area contributed by atoms with Crippen LogP contribution in [0, 0.1) is 0 Å². The molecule has 3 aromatic heterocycles. The van der Waals surface area contributed by atoms with Crippen molar-refractivity contribution in [2.24, 2.45) is 0 Å². The highest BCUT2D eigenvalue weighted by molar-refractivity contribution is 5.55. The molecule has 0 unspecified atom stereocenters. The Morgan fingerprint density at radius 3 is 2.61 bits per heavy atom. The van der Waals surface area contributed by atoms with Crippen molar-refractivity contribution in [3.05, 3.63) is 59.2 Å². The van der Waals surface area contributed by atoms with E-state index in [-0.39, 0.29) is 0 Å². The van der Waals surface area contributed by atoms with Gasteiger partial charge in [0.1, 0.15) is 11.5 Å². The highest BCUT2D eigenvalue weighted by atomic mass is 15.3. The maximum absolute atomic E-state index is 5.28. The first kappa shape index (κ1) is 23.9. The molecule has 7 heteroatoms. The van der Waals surface area contributed by atoms with E-state index in [0.29, 0.717) is 6.04 Å². The summed E-state index contributed by atoms with van der Waals surface area (Å²) in [5.74, 6) is 1.30. The maximum atomic E-state index is 5.28. The first-order valence-electron chi connectivity index (χ1n) is 14.0. The number of likely N-dealkylation sites (tertiary alicyclic amines) is 1. The zero-order valence-corrected chi connectivity index (χ0v) is 22.1. The first-order chi connectivity index (χ1) is 17.7. The predicted molar refractivity (Wildman–Crippen MR) is 145 cm³/mol. The summed E-state index contributed by atoms with van der Waals surface area (Å²) < 4.78 is 2.48. The molecule has 0 saturated carbocycles. The van der Waals surface area contributed by atoms with Crippen molar-refractivity contribution >= 4 is 11.5 Å². The van der Waals surface area contributed by atoms with Crippen molar-refractivity contribution < 1.29 is 0 Å². The summed E-state index contributed by atoms with van der Waals surface area (Å²) in [7, 11) is 4.49. The normalized spacial score (nSPS) is 21.9. The van der Waals surface area contributed by atoms with E-state index in [0.717, 1.165) is 51.3 Å². The standard InChI is InChI=1S/C29H41N7/c1-32-17-19-35(20-18-32)28-13-7-12-27-31-24(26(36(27)28)22-34-15-4-3-5-16-34)21-33(2)25-11-6-9-23-10-8-14-30-29(23)25/h7-8,10,12-14,25H,3-6,9,11,15-22H2,1-2H3/t25-/m0/s1. The van der Waals surface area contributed by atoms with Crippen molar-refractivity contribution in [1.29, 1.82) is 0 Å². The number of piperidine rings is 1. The Morgan fingerprint density at radius 1 is 0.944 bits per heavy atom. The van der Waals surface area contributed by atoms with Gasteiger partial charge < -0.3 is 9.80 Å². The fraction of sp³-hybridized carbons (Fsp3) is 0.586. The van der Waals surface area contributed by atoms with E-state index >= 15 is 0 Å². The van der Waals surface area contributed by atoms with Crippen LogP contribution in [0.1, 0.15) is 60.8 Å². The molecule has 0 aromatic carbocycles. The van der Waals surface area contributed by atoms with Crippen LogP contribution in [0.5, 0.6) is 0 Å². The van der Waals surface area contributed by atoms with Crippen molar-refractivity contribution in [3.8, 4) is 0 Å². The van der Waals surface area contributed by atoms with Gasteiger partial charge in [0.25, 0.3) is 0 Å². The molecule has 3 aromatic rings. The molecular formula is C29H41N7. The summed E-state index contributed by atoms with van der Waals surface area (Å²) in [5, 5.41) is 0. The van der Waals surface area contributed by atoms with Gasteiger partial charge in [0, 0.05) is 45.5 Å². The van der Waals surface area contributed by atoms with Crippen molar-refractivity contribution in [2.75, 3.05) is 58.3 Å². The molecule has 7 nitrogen and oxygen atoms in total. The number of anilines is 1. The molecule has 0 amide bonds. The minimum absolute atomic E-state index is 0.361. The summed E-state index contributed by atoms with van der Waals surface area (Å²) in [5.41, 5.74) is 6.38. The number of likely N-dealkylation sites (N-methyl/N-ethyl adjacent to an activating group) is 1. The van der Waals surface area contributed by atoms with Crippen molar-refractivity contribution in [2.45, 2.75) is 57.7 Å². The zero-order valence-electron chi connectivity index (χ0n) is 22.1. The van der Waals surface area contributed by atoms with Crippen LogP contribution in [0.25, 0.3) is 5.65 Å². The summed E-state index contributed by atoms with van der Waals surface area (Å²) in [6, 6.07) is 11.4. The van der Waals surface area contributed by atoms with Crippen LogP contribution in [0.15, 0.2) is 36.5 Å². The summed E-state index contributed by atoms with van der Waals surface area (Å²) in [6.07, 6.45) is 9.48. The van der Waals surface area contributed by atoms with E-state index in [9.17, 15) is 0 Å². The van der Waals surface area contributed by atoms with Gasteiger partial charge in [0.15, 0.2) is 0 Å². The van der Waals surface area contributed by atoms with E-state index in [4.69, 9.17) is 9.97 Å². The Kier molecular flexibility index (Phi) is 6.96. The molecule has 6 rings (SSSR count). The van der Waals surface area contributed by atoms with E-state index in [1.54, 1.807) is 0 Å². The molecule has 192 valence electrons. The number of aromatic nitrogens is 3. The van der Waals surface area contributed by atoms with Crippen LogP contribution in [0.3, 0.4) is 0 Å². The Labute approximate surface area is 215 Å². The molecule has 2 fully saturated rings. The van der Waals surface area contributed by atoms with E-state index < -0.39 is 0 Å². The van der Waals surface area contributed by atoms with Gasteiger partial charge in [-0.15, -0.1) is 0 Å². The Morgan fingerprint density at radius 2 is 1.78 bits per heavy atom. The van der Waals surface area contributed by atoms with Gasteiger partial charge in [0.05, 0.1) is 23.1 Å². The lowest BCUT2D eigenvalue weighted by atomic mass is 9.91. The molecule has 0 spiro atoms. The van der Waals surface area contributed by atoms with Gasteiger partial charge in [-0.2, -0.15) is 0 Å². The molecule has 3 aliphatic rings. The SMILES string of the molecule is CN1CCN(c2cccc3nc(CN(C)[C@H]4CCCc5cccnc54)c(CN4CCCCC4)n23)CC1. The second-order valence-electron chi connectivity index (χ2n) is 11.1. The minimum atomic E-state index is 0.361. The van der Waals surface area contributed by atoms with Gasteiger partial charge in [-0.05, 0) is 83.1 Å².